The number of hydrogen-bond donors (Lipinski definition) is 1. The van der Waals surface area contributed by atoms with Crippen LogP contribution in [0.15, 0.2) is 0 Å². The van der Waals surface area contributed by atoms with E-state index < -0.39 is 0 Å². The van der Waals surface area contributed by atoms with Gasteiger partial charge in [-0.15, -0.1) is 0 Å². The molecule has 0 aromatic rings. The lowest BCUT2D eigenvalue weighted by Crippen LogP contribution is -2.53. The predicted molar refractivity (Wildman–Crippen MR) is 75.3 cm³/mol. The molecule has 0 aromatic heterocycles. The minimum Gasteiger partial charge on any atom is -0.331 e. The Morgan fingerprint density at radius 3 is 2.37 bits per heavy atom. The molecule has 1 fully saturated rings. The second-order valence-corrected chi connectivity index (χ2v) is 5.08. The molecular weight excluding hydrogens is 242 g/mol. The molecule has 1 heterocycles. The van der Waals surface area contributed by atoms with Crippen LogP contribution < -0.4 is 5.43 Å². The fraction of sp³-hybridized carbons (Fsp3) is 0.857. The number of carbonyl (C=O) groups is 2. The zero-order valence-corrected chi connectivity index (χ0v) is 12.4. The first-order valence-corrected chi connectivity index (χ1v) is 7.48. The van der Waals surface area contributed by atoms with Gasteiger partial charge in [-0.3, -0.25) is 15.0 Å². The third kappa shape index (κ3) is 4.49. The topological polar surface area (TPSA) is 52.7 Å². The first-order chi connectivity index (χ1) is 9.13. The molecule has 1 N–H and O–H groups in total. The lowest BCUT2D eigenvalue weighted by molar-refractivity contribution is -0.140. The van der Waals surface area contributed by atoms with Crippen LogP contribution in [0.5, 0.6) is 0 Å². The Labute approximate surface area is 116 Å². The zero-order chi connectivity index (χ0) is 14.3. The molecule has 2 amide bonds. The van der Waals surface area contributed by atoms with Crippen LogP contribution in [0.3, 0.4) is 0 Å². The van der Waals surface area contributed by atoms with Crippen LogP contribution in [-0.2, 0) is 9.59 Å². The largest absolute Gasteiger partial charge is 0.331 e. The van der Waals surface area contributed by atoms with E-state index in [9.17, 15) is 9.59 Å². The van der Waals surface area contributed by atoms with E-state index >= 15 is 0 Å². The number of nitrogens with one attached hydrogen (secondary N) is 1. The molecule has 1 aliphatic heterocycles. The molecular formula is C14H27N3O2. The number of carbonyl (C=O) groups excluding carboxylic acids is 2. The molecule has 1 unspecified atom stereocenters. The van der Waals surface area contributed by atoms with Crippen LogP contribution in [0.4, 0.5) is 0 Å². The van der Waals surface area contributed by atoms with Gasteiger partial charge in [-0.1, -0.05) is 20.8 Å². The van der Waals surface area contributed by atoms with Crippen LogP contribution in [-0.4, -0.2) is 47.4 Å². The molecule has 0 aromatic carbocycles. The number of likely N-dealkylation sites (tertiary alicyclic amines) is 1. The summed E-state index contributed by atoms with van der Waals surface area (Å²) in [7, 11) is 0. The molecule has 0 saturated carbocycles. The Balaban J connectivity index is 2.59. The summed E-state index contributed by atoms with van der Waals surface area (Å²) >= 11 is 0. The highest BCUT2D eigenvalue weighted by atomic mass is 16.2. The highest BCUT2D eigenvalue weighted by Crippen LogP contribution is 2.16. The van der Waals surface area contributed by atoms with Crippen molar-refractivity contribution in [2.75, 3.05) is 19.6 Å². The monoisotopic (exact) mass is 269 g/mol. The van der Waals surface area contributed by atoms with E-state index in [2.05, 4.69) is 19.3 Å². The SMILES string of the molecule is CCCN(CCC)NC(=O)C(CC)N1CCCC1=O. The molecule has 0 bridgehead atoms. The maximum atomic E-state index is 12.3. The van der Waals surface area contributed by atoms with Gasteiger partial charge in [0.1, 0.15) is 6.04 Å². The normalized spacial score (nSPS) is 17.1. The zero-order valence-electron chi connectivity index (χ0n) is 12.4. The molecule has 0 radical (unpaired) electrons. The Morgan fingerprint density at radius 2 is 1.95 bits per heavy atom. The van der Waals surface area contributed by atoms with E-state index in [1.54, 1.807) is 4.90 Å². The van der Waals surface area contributed by atoms with Gasteiger partial charge in [0.25, 0.3) is 5.91 Å². The Bertz CT molecular complexity index is 301. The summed E-state index contributed by atoms with van der Waals surface area (Å²) in [6.07, 6.45) is 4.12. The van der Waals surface area contributed by atoms with Gasteiger partial charge in [-0.2, -0.15) is 0 Å². The Morgan fingerprint density at radius 1 is 1.32 bits per heavy atom. The van der Waals surface area contributed by atoms with Crippen LogP contribution in [0, 0.1) is 0 Å². The van der Waals surface area contributed by atoms with Crippen LogP contribution in [0.2, 0.25) is 0 Å². The molecule has 0 spiro atoms. The molecule has 1 atom stereocenters. The standard InChI is InChI=1S/C14H27N3O2/c1-4-9-16(10-5-2)15-14(19)12(6-3)17-11-7-8-13(17)18/h12H,4-11H2,1-3H3,(H,15,19). The molecule has 5 heteroatoms. The average molecular weight is 269 g/mol. The summed E-state index contributed by atoms with van der Waals surface area (Å²) in [5, 5.41) is 1.96. The fourth-order valence-corrected chi connectivity index (χ4v) is 2.54. The van der Waals surface area contributed by atoms with Gasteiger partial charge in [0, 0.05) is 26.1 Å². The van der Waals surface area contributed by atoms with Crippen molar-refractivity contribution in [2.24, 2.45) is 0 Å². The Kier molecular flexibility index (Phi) is 6.84. The lowest BCUT2D eigenvalue weighted by Gasteiger charge is -2.29. The summed E-state index contributed by atoms with van der Waals surface area (Å²) in [6.45, 7) is 8.56. The van der Waals surface area contributed by atoms with Gasteiger partial charge < -0.3 is 4.90 Å². The lowest BCUT2D eigenvalue weighted by atomic mass is 10.2. The number of hydrogen-bond acceptors (Lipinski definition) is 3. The van der Waals surface area contributed by atoms with Crippen molar-refractivity contribution < 1.29 is 9.59 Å². The van der Waals surface area contributed by atoms with E-state index in [1.807, 2.05) is 11.9 Å². The molecule has 0 aliphatic carbocycles. The number of rotatable bonds is 8. The minimum atomic E-state index is -0.314. The predicted octanol–water partition coefficient (Wildman–Crippen LogP) is 1.54. The van der Waals surface area contributed by atoms with E-state index in [4.69, 9.17) is 0 Å². The first-order valence-electron chi connectivity index (χ1n) is 7.48. The molecule has 19 heavy (non-hydrogen) atoms. The molecule has 110 valence electrons. The molecule has 5 nitrogen and oxygen atoms in total. The number of hydrazine groups is 1. The summed E-state index contributed by atoms with van der Waals surface area (Å²) in [6, 6.07) is -0.314. The van der Waals surface area contributed by atoms with Gasteiger partial charge in [-0.05, 0) is 25.7 Å². The second-order valence-electron chi connectivity index (χ2n) is 5.08. The van der Waals surface area contributed by atoms with E-state index in [1.165, 1.54) is 0 Å². The van der Waals surface area contributed by atoms with Crippen LogP contribution >= 0.6 is 0 Å². The summed E-state index contributed by atoms with van der Waals surface area (Å²) < 4.78 is 0. The van der Waals surface area contributed by atoms with Crippen molar-refractivity contribution in [1.29, 1.82) is 0 Å². The van der Waals surface area contributed by atoms with Crippen molar-refractivity contribution in [3.8, 4) is 0 Å². The average Bonchev–Trinajstić information content (AvgIpc) is 2.77. The summed E-state index contributed by atoms with van der Waals surface area (Å²) in [4.78, 5) is 25.8. The number of amides is 2. The molecule has 1 rings (SSSR count). The highest BCUT2D eigenvalue weighted by molar-refractivity contribution is 5.88. The smallest absolute Gasteiger partial charge is 0.257 e. The third-order valence-electron chi connectivity index (χ3n) is 3.43. The van der Waals surface area contributed by atoms with Crippen LogP contribution in [0.1, 0.15) is 52.9 Å². The maximum absolute atomic E-state index is 12.3. The highest BCUT2D eigenvalue weighted by Gasteiger charge is 2.31. The second kappa shape index (κ2) is 8.15. The van der Waals surface area contributed by atoms with Crippen molar-refractivity contribution in [2.45, 2.75) is 58.9 Å². The third-order valence-corrected chi connectivity index (χ3v) is 3.43. The fourth-order valence-electron chi connectivity index (χ4n) is 2.54. The van der Waals surface area contributed by atoms with Gasteiger partial charge in [0.2, 0.25) is 5.91 Å². The van der Waals surface area contributed by atoms with Crippen molar-refractivity contribution in [3.63, 3.8) is 0 Å². The number of nitrogens with zero attached hydrogens (tertiary/aromatic N) is 2. The summed E-state index contributed by atoms with van der Waals surface area (Å²) in [5.74, 6) is 0.0687. The minimum absolute atomic E-state index is 0.0420. The van der Waals surface area contributed by atoms with E-state index in [-0.39, 0.29) is 17.9 Å². The molecule has 1 aliphatic rings. The van der Waals surface area contributed by atoms with Gasteiger partial charge in [0.05, 0.1) is 0 Å². The van der Waals surface area contributed by atoms with Crippen molar-refractivity contribution in [1.82, 2.24) is 15.3 Å². The maximum Gasteiger partial charge on any atom is 0.257 e. The summed E-state index contributed by atoms with van der Waals surface area (Å²) in [5.41, 5.74) is 2.97. The van der Waals surface area contributed by atoms with Gasteiger partial charge in [-0.25, -0.2) is 5.01 Å². The van der Waals surface area contributed by atoms with Crippen LogP contribution in [0.25, 0.3) is 0 Å². The van der Waals surface area contributed by atoms with E-state index in [0.717, 1.165) is 32.4 Å². The van der Waals surface area contributed by atoms with E-state index in [0.29, 0.717) is 19.4 Å². The van der Waals surface area contributed by atoms with Gasteiger partial charge in [0.15, 0.2) is 0 Å². The van der Waals surface area contributed by atoms with Crippen molar-refractivity contribution in [3.05, 3.63) is 0 Å². The van der Waals surface area contributed by atoms with Gasteiger partial charge >= 0.3 is 0 Å². The van der Waals surface area contributed by atoms with Crippen molar-refractivity contribution >= 4 is 11.8 Å². The quantitative estimate of drug-likeness (QED) is 0.680. The molecule has 1 saturated heterocycles. The first kappa shape index (κ1) is 16.0. The Hall–Kier alpha value is -1.10.